The molecule has 184 valence electrons. The van der Waals surface area contributed by atoms with E-state index in [-0.39, 0.29) is 0 Å². The average Bonchev–Trinajstić information content (AvgIpc) is 3.50. The molecular weight excluding hydrogens is 494 g/mol. The summed E-state index contributed by atoms with van der Waals surface area (Å²) in [5.41, 5.74) is 8.93. The van der Waals surface area contributed by atoms with Crippen molar-refractivity contribution in [1.29, 1.82) is 0 Å². The Morgan fingerprint density at radius 2 is 2.03 bits per heavy atom. The Bertz CT molecular complexity index is 1350. The summed E-state index contributed by atoms with van der Waals surface area (Å²) in [6, 6.07) is 5.75. The Morgan fingerprint density at radius 1 is 1.20 bits per heavy atom. The first-order chi connectivity index (χ1) is 17.1. The van der Waals surface area contributed by atoms with Gasteiger partial charge in [0.1, 0.15) is 19.5 Å². The van der Waals surface area contributed by atoms with E-state index in [1.807, 2.05) is 22.8 Å². The van der Waals surface area contributed by atoms with Crippen molar-refractivity contribution in [2.45, 2.75) is 16.6 Å². The van der Waals surface area contributed by atoms with E-state index >= 15 is 0 Å². The minimum Gasteiger partial charge on any atom is -0.760 e. The Kier molecular flexibility index (Phi) is 7.10. The third kappa shape index (κ3) is 5.23. The molecule has 5 rings (SSSR count). The van der Waals surface area contributed by atoms with Gasteiger partial charge in [-0.3, -0.25) is 9.31 Å². The molecule has 15 heteroatoms. The van der Waals surface area contributed by atoms with Crippen molar-refractivity contribution < 1.29 is 18.2 Å². The minimum atomic E-state index is -2.28. The zero-order chi connectivity index (χ0) is 24.2. The number of anilines is 1. The molecule has 5 N–H and O–H groups in total. The molecule has 35 heavy (non-hydrogen) atoms. The van der Waals surface area contributed by atoms with Gasteiger partial charge in [-0.2, -0.15) is 5.10 Å². The van der Waals surface area contributed by atoms with Crippen molar-refractivity contribution in [1.82, 2.24) is 39.8 Å². The molecule has 1 aliphatic heterocycles. The second-order valence-corrected chi connectivity index (χ2v) is 9.19. The summed E-state index contributed by atoms with van der Waals surface area (Å²) in [7, 11) is 0. The van der Waals surface area contributed by atoms with Gasteiger partial charge in [0, 0.05) is 54.1 Å². The Hall–Kier alpha value is -3.24. The topological polar surface area (TPSA) is 181 Å². The summed E-state index contributed by atoms with van der Waals surface area (Å²) >= 11 is -0.838. The Balaban J connectivity index is 1.46. The second kappa shape index (κ2) is 10.6. The lowest BCUT2D eigenvalue weighted by molar-refractivity contribution is 0.171. The first-order valence-corrected chi connectivity index (χ1v) is 12.6. The fraction of sp³-hybridized carbons (Fsp3) is 0.300. The number of hydrogen-bond donors (Lipinski definition) is 4. The molecule has 13 nitrogen and oxygen atoms in total. The van der Waals surface area contributed by atoms with Gasteiger partial charge in [-0.25, -0.2) is 19.7 Å². The third-order valence-corrected chi connectivity index (χ3v) is 6.69. The lowest BCUT2D eigenvalue weighted by Crippen LogP contribution is -2.30. The van der Waals surface area contributed by atoms with Crippen molar-refractivity contribution in [2.24, 2.45) is 0 Å². The van der Waals surface area contributed by atoms with E-state index in [2.05, 4.69) is 30.2 Å². The van der Waals surface area contributed by atoms with Crippen LogP contribution >= 0.6 is 11.8 Å². The monoisotopic (exact) mass is 516 g/mol. The molecule has 0 amide bonds. The zero-order valence-electron chi connectivity index (χ0n) is 18.4. The number of nitrogens with zero attached hydrogens (tertiary/aromatic N) is 5. The maximum Gasteiger partial charge on any atom is 0.175 e. The summed E-state index contributed by atoms with van der Waals surface area (Å²) in [5, 5.41) is 11.0. The number of nitrogen functional groups attached to an aromatic ring is 1. The van der Waals surface area contributed by atoms with Crippen LogP contribution in [0.5, 0.6) is 11.5 Å². The van der Waals surface area contributed by atoms with Gasteiger partial charge in [-0.05, 0) is 18.2 Å². The van der Waals surface area contributed by atoms with Gasteiger partial charge in [0.2, 0.25) is 0 Å². The molecule has 0 bridgehead atoms. The minimum absolute atomic E-state index is 0.293. The normalized spacial score (nSPS) is 13.9. The van der Waals surface area contributed by atoms with Gasteiger partial charge >= 0.3 is 0 Å². The van der Waals surface area contributed by atoms with Crippen LogP contribution in [0.3, 0.4) is 0 Å². The molecule has 1 unspecified atom stereocenters. The fourth-order valence-electron chi connectivity index (χ4n) is 3.62. The molecule has 0 saturated heterocycles. The number of fused-ring (bicyclic) bond motifs is 2. The standard InChI is InChI=1S/C20H23N9O4S2/c21-18-17-19(24-11-23-18)29(6-5-22-3-4-26-35(30)31)20(27-17)34-16-10-15-14(32-7-8-33-15)9-12(16)13-1-2-25-28-13/h1-2,9-11,22,26H,3-8H2,(H,25,28)(H,30,31)(H2,21,23,24)/p-1. The Morgan fingerprint density at radius 3 is 2.80 bits per heavy atom. The summed E-state index contributed by atoms with van der Waals surface area (Å²) < 4.78 is 37.1. The van der Waals surface area contributed by atoms with E-state index in [0.29, 0.717) is 73.0 Å². The smallest absolute Gasteiger partial charge is 0.175 e. The van der Waals surface area contributed by atoms with E-state index in [0.717, 1.165) is 16.2 Å². The lowest BCUT2D eigenvalue weighted by Gasteiger charge is -2.20. The molecule has 3 aromatic heterocycles. The van der Waals surface area contributed by atoms with Gasteiger partial charge < -0.3 is 29.6 Å². The van der Waals surface area contributed by atoms with Crippen LogP contribution in [0.4, 0.5) is 5.82 Å². The second-order valence-electron chi connectivity index (χ2n) is 7.42. The number of aromatic nitrogens is 6. The first-order valence-electron chi connectivity index (χ1n) is 10.7. The van der Waals surface area contributed by atoms with Crippen LogP contribution in [0.25, 0.3) is 22.4 Å². The van der Waals surface area contributed by atoms with Crippen molar-refractivity contribution >= 4 is 40.0 Å². The van der Waals surface area contributed by atoms with Gasteiger partial charge in [0.25, 0.3) is 0 Å². The molecule has 0 radical (unpaired) electrons. The molecule has 0 aliphatic carbocycles. The van der Waals surface area contributed by atoms with Crippen molar-refractivity contribution in [3.63, 3.8) is 0 Å². The molecule has 1 atom stereocenters. The predicted octanol–water partition coefficient (Wildman–Crippen LogP) is 0.694. The molecule has 0 fully saturated rings. The largest absolute Gasteiger partial charge is 0.760 e. The van der Waals surface area contributed by atoms with Gasteiger partial charge in [0.15, 0.2) is 33.6 Å². The van der Waals surface area contributed by atoms with Crippen LogP contribution in [-0.4, -0.2) is 71.3 Å². The molecule has 0 spiro atoms. The van der Waals surface area contributed by atoms with Crippen LogP contribution < -0.4 is 25.2 Å². The molecule has 1 aliphatic rings. The third-order valence-electron chi connectivity index (χ3n) is 5.20. The van der Waals surface area contributed by atoms with Crippen LogP contribution in [0.1, 0.15) is 0 Å². The highest BCUT2D eigenvalue weighted by atomic mass is 32.2. The predicted molar refractivity (Wildman–Crippen MR) is 129 cm³/mol. The lowest BCUT2D eigenvalue weighted by atomic mass is 10.1. The van der Waals surface area contributed by atoms with Crippen LogP contribution in [0.2, 0.25) is 0 Å². The highest BCUT2D eigenvalue weighted by Gasteiger charge is 2.22. The van der Waals surface area contributed by atoms with Gasteiger partial charge in [0.05, 0.1) is 5.69 Å². The van der Waals surface area contributed by atoms with Crippen LogP contribution in [0.15, 0.2) is 40.8 Å². The number of aromatic amines is 1. The number of imidazole rings is 1. The summed E-state index contributed by atoms with van der Waals surface area (Å²) in [6.07, 6.45) is 3.10. The number of nitrogens with one attached hydrogen (secondary N) is 3. The van der Waals surface area contributed by atoms with E-state index < -0.39 is 11.3 Å². The van der Waals surface area contributed by atoms with Crippen molar-refractivity contribution in [3.05, 3.63) is 30.7 Å². The maximum atomic E-state index is 10.6. The number of benzene rings is 1. The highest BCUT2D eigenvalue weighted by molar-refractivity contribution is 7.99. The van der Waals surface area contributed by atoms with E-state index in [1.165, 1.54) is 18.1 Å². The number of hydrogen-bond acceptors (Lipinski definition) is 11. The summed E-state index contributed by atoms with van der Waals surface area (Å²) in [6.45, 7) is 2.83. The Labute approximate surface area is 206 Å². The number of ether oxygens (including phenoxy) is 2. The van der Waals surface area contributed by atoms with Crippen molar-refractivity contribution in [3.8, 4) is 22.8 Å². The summed E-state index contributed by atoms with van der Waals surface area (Å²) in [4.78, 5) is 14.1. The summed E-state index contributed by atoms with van der Waals surface area (Å²) in [5.74, 6) is 1.63. The molecule has 0 saturated carbocycles. The van der Waals surface area contributed by atoms with Gasteiger partial charge in [-0.1, -0.05) is 11.8 Å². The quantitative estimate of drug-likeness (QED) is 0.172. The number of rotatable bonds is 10. The fourth-order valence-corrected chi connectivity index (χ4v) is 4.96. The maximum absolute atomic E-state index is 10.6. The van der Waals surface area contributed by atoms with E-state index in [9.17, 15) is 8.76 Å². The van der Waals surface area contributed by atoms with E-state index in [4.69, 9.17) is 20.2 Å². The molecule has 1 aromatic carbocycles. The number of H-pyrrole nitrogens is 1. The van der Waals surface area contributed by atoms with E-state index in [1.54, 1.807) is 6.20 Å². The SMILES string of the molecule is Nc1ncnc2c1nc(Sc1cc3c(cc1-c1ccn[nH]1)OCCO3)n2CCNCCNS(=O)[O-]. The average molecular weight is 517 g/mol. The highest BCUT2D eigenvalue weighted by Crippen LogP contribution is 2.43. The van der Waals surface area contributed by atoms with Gasteiger partial charge in [-0.15, -0.1) is 0 Å². The van der Waals surface area contributed by atoms with Crippen LogP contribution in [-0.2, 0) is 17.8 Å². The van der Waals surface area contributed by atoms with Crippen LogP contribution in [0, 0.1) is 0 Å². The number of nitrogens with two attached hydrogens (primary N) is 1. The molecule has 4 heterocycles. The molecular formula is C20H22N9O4S2-. The first kappa shape index (κ1) is 23.5. The molecule has 4 aromatic rings. The zero-order valence-corrected chi connectivity index (χ0v) is 20.0. The van der Waals surface area contributed by atoms with Crippen molar-refractivity contribution in [2.75, 3.05) is 38.6 Å².